The van der Waals surface area contributed by atoms with E-state index in [9.17, 15) is 0 Å². The average molecular weight is 281 g/mol. The zero-order valence-corrected chi connectivity index (χ0v) is 10.9. The zero-order chi connectivity index (χ0) is 14.2. The van der Waals surface area contributed by atoms with Gasteiger partial charge in [0.2, 0.25) is 12.7 Å². The predicted molar refractivity (Wildman–Crippen MR) is 75.7 cm³/mol. The average Bonchev–Trinajstić information content (AvgIpc) is 3.14. The van der Waals surface area contributed by atoms with Gasteiger partial charge in [-0.3, -0.25) is 4.98 Å². The first-order valence-electron chi connectivity index (χ1n) is 6.39. The fourth-order valence-electron chi connectivity index (χ4n) is 2.40. The van der Waals surface area contributed by atoms with E-state index in [1.807, 2.05) is 30.3 Å². The second-order valence-electron chi connectivity index (χ2n) is 4.55. The first-order valence-corrected chi connectivity index (χ1v) is 6.39. The molecule has 0 spiro atoms. The van der Waals surface area contributed by atoms with Crippen LogP contribution in [0.15, 0.2) is 47.2 Å². The molecule has 0 radical (unpaired) electrons. The van der Waals surface area contributed by atoms with Crippen LogP contribution in [0.5, 0.6) is 11.5 Å². The van der Waals surface area contributed by atoms with Crippen molar-refractivity contribution in [2.75, 3.05) is 12.5 Å². The number of fused-ring (bicyclic) bond motifs is 1. The Labute approximate surface area is 120 Å². The highest BCUT2D eigenvalue weighted by atomic mass is 16.7. The minimum Gasteiger partial charge on any atom is -0.454 e. The maximum Gasteiger partial charge on any atom is 0.231 e. The van der Waals surface area contributed by atoms with Crippen LogP contribution in [0.25, 0.3) is 22.4 Å². The van der Waals surface area contributed by atoms with E-state index in [-0.39, 0.29) is 12.7 Å². The molecule has 3 aromatic rings. The molecule has 6 nitrogen and oxygen atoms in total. The van der Waals surface area contributed by atoms with Crippen LogP contribution in [0.1, 0.15) is 0 Å². The Morgan fingerprint density at radius 1 is 1.05 bits per heavy atom. The van der Waals surface area contributed by atoms with Gasteiger partial charge in [-0.25, -0.2) is 0 Å². The molecular weight excluding hydrogens is 270 g/mol. The fraction of sp³-hybridized carbons (Fsp3) is 0.0667. The summed E-state index contributed by atoms with van der Waals surface area (Å²) in [6.45, 7) is 0.199. The lowest BCUT2D eigenvalue weighted by Crippen LogP contribution is -1.94. The number of aromatic nitrogens is 2. The first-order chi connectivity index (χ1) is 10.3. The van der Waals surface area contributed by atoms with Crippen molar-refractivity contribution in [1.29, 1.82) is 0 Å². The minimum atomic E-state index is 0.199. The van der Waals surface area contributed by atoms with Crippen molar-refractivity contribution >= 4 is 5.88 Å². The third-order valence-electron chi connectivity index (χ3n) is 3.34. The molecule has 3 heterocycles. The number of anilines is 1. The van der Waals surface area contributed by atoms with Crippen LogP contribution in [-0.4, -0.2) is 16.9 Å². The first kappa shape index (κ1) is 11.8. The van der Waals surface area contributed by atoms with Crippen LogP contribution >= 0.6 is 0 Å². The van der Waals surface area contributed by atoms with Gasteiger partial charge in [0.15, 0.2) is 11.5 Å². The number of hydrogen-bond acceptors (Lipinski definition) is 6. The van der Waals surface area contributed by atoms with Crippen molar-refractivity contribution in [2.45, 2.75) is 0 Å². The van der Waals surface area contributed by atoms with Gasteiger partial charge in [-0.2, -0.15) is 0 Å². The van der Waals surface area contributed by atoms with Crippen LogP contribution in [0.4, 0.5) is 5.88 Å². The molecule has 2 aromatic heterocycles. The van der Waals surface area contributed by atoms with E-state index in [2.05, 4.69) is 10.1 Å². The van der Waals surface area contributed by atoms with Crippen LogP contribution < -0.4 is 15.2 Å². The summed E-state index contributed by atoms with van der Waals surface area (Å²) in [6, 6.07) is 9.33. The van der Waals surface area contributed by atoms with Gasteiger partial charge in [0.25, 0.3) is 0 Å². The number of hydrogen-bond donors (Lipinski definition) is 1. The Balaban J connectivity index is 1.94. The maximum absolute atomic E-state index is 5.93. The van der Waals surface area contributed by atoms with E-state index < -0.39 is 0 Å². The molecular formula is C15H11N3O3. The Morgan fingerprint density at radius 3 is 2.76 bits per heavy atom. The van der Waals surface area contributed by atoms with E-state index in [1.165, 1.54) is 0 Å². The van der Waals surface area contributed by atoms with E-state index >= 15 is 0 Å². The Morgan fingerprint density at radius 2 is 1.90 bits per heavy atom. The third kappa shape index (κ3) is 1.80. The molecule has 0 bridgehead atoms. The summed E-state index contributed by atoms with van der Waals surface area (Å²) in [5.74, 6) is 1.60. The number of para-hydroxylation sites is 1. The standard InChI is InChI=1S/C15H11N3O3/c16-15-12(9-4-6-17-7-5-9)13(18-21-15)10-2-1-3-11-14(10)20-8-19-11/h1-7H,8,16H2. The molecule has 6 heteroatoms. The molecule has 21 heavy (non-hydrogen) atoms. The van der Waals surface area contributed by atoms with Crippen LogP contribution in [0.3, 0.4) is 0 Å². The van der Waals surface area contributed by atoms with E-state index in [1.54, 1.807) is 12.4 Å². The number of ether oxygens (including phenoxy) is 2. The van der Waals surface area contributed by atoms with E-state index in [0.29, 0.717) is 17.2 Å². The summed E-state index contributed by atoms with van der Waals surface area (Å²) in [5.41, 5.74) is 8.96. The molecule has 0 amide bonds. The number of pyridine rings is 1. The molecule has 2 N–H and O–H groups in total. The van der Waals surface area contributed by atoms with Gasteiger partial charge >= 0.3 is 0 Å². The lowest BCUT2D eigenvalue weighted by molar-refractivity contribution is 0.174. The van der Waals surface area contributed by atoms with Gasteiger partial charge in [-0.15, -0.1) is 0 Å². The molecule has 1 aliphatic rings. The van der Waals surface area contributed by atoms with Crippen molar-refractivity contribution in [3.63, 3.8) is 0 Å². The molecule has 104 valence electrons. The summed E-state index contributed by atoms with van der Waals surface area (Å²) in [7, 11) is 0. The van der Waals surface area contributed by atoms with Gasteiger partial charge in [-0.1, -0.05) is 11.2 Å². The summed E-state index contributed by atoms with van der Waals surface area (Å²) in [6.07, 6.45) is 3.39. The van der Waals surface area contributed by atoms with Gasteiger partial charge in [0.05, 0.1) is 11.1 Å². The fourth-order valence-corrected chi connectivity index (χ4v) is 2.40. The molecule has 0 unspecified atom stereocenters. The maximum atomic E-state index is 5.93. The highest BCUT2D eigenvalue weighted by Gasteiger charge is 2.24. The SMILES string of the molecule is Nc1onc(-c2cccc3c2OCO3)c1-c1ccncc1. The summed E-state index contributed by atoms with van der Waals surface area (Å²) >= 11 is 0. The molecule has 1 aromatic carbocycles. The molecule has 0 saturated heterocycles. The largest absolute Gasteiger partial charge is 0.454 e. The quantitative estimate of drug-likeness (QED) is 0.777. The predicted octanol–water partition coefficient (Wildman–Crippen LogP) is 2.71. The van der Waals surface area contributed by atoms with Gasteiger partial charge in [-0.05, 0) is 29.8 Å². The Hall–Kier alpha value is -3.02. The summed E-state index contributed by atoms with van der Waals surface area (Å²) < 4.78 is 16.1. The molecule has 0 atom stereocenters. The lowest BCUT2D eigenvalue weighted by atomic mass is 10.0. The number of nitrogens with two attached hydrogens (primary N) is 1. The normalized spacial score (nSPS) is 12.6. The molecule has 0 saturated carbocycles. The topological polar surface area (TPSA) is 83.4 Å². The van der Waals surface area contributed by atoms with Crippen molar-refractivity contribution in [3.05, 3.63) is 42.7 Å². The molecule has 0 fully saturated rings. The highest BCUT2D eigenvalue weighted by Crippen LogP contribution is 2.45. The molecule has 0 aliphatic carbocycles. The zero-order valence-electron chi connectivity index (χ0n) is 10.9. The van der Waals surface area contributed by atoms with Crippen molar-refractivity contribution in [1.82, 2.24) is 10.1 Å². The highest BCUT2D eigenvalue weighted by molar-refractivity contribution is 5.89. The summed E-state index contributed by atoms with van der Waals surface area (Å²) in [4.78, 5) is 4.01. The molecule has 4 rings (SSSR count). The van der Waals surface area contributed by atoms with Gasteiger partial charge in [0.1, 0.15) is 5.69 Å². The minimum absolute atomic E-state index is 0.199. The number of benzene rings is 1. The second-order valence-corrected chi connectivity index (χ2v) is 4.55. The van der Waals surface area contributed by atoms with Crippen molar-refractivity contribution in [3.8, 4) is 33.9 Å². The van der Waals surface area contributed by atoms with Crippen molar-refractivity contribution < 1.29 is 14.0 Å². The van der Waals surface area contributed by atoms with Crippen molar-refractivity contribution in [2.24, 2.45) is 0 Å². The smallest absolute Gasteiger partial charge is 0.231 e. The van der Waals surface area contributed by atoms with E-state index in [4.69, 9.17) is 19.7 Å². The number of nitrogen functional groups attached to an aromatic ring is 1. The van der Waals surface area contributed by atoms with Crippen LogP contribution in [-0.2, 0) is 0 Å². The monoisotopic (exact) mass is 281 g/mol. The Bertz CT molecular complexity index is 799. The summed E-state index contributed by atoms with van der Waals surface area (Å²) in [5, 5.41) is 4.08. The molecule has 1 aliphatic heterocycles. The second kappa shape index (κ2) is 4.52. The number of rotatable bonds is 2. The third-order valence-corrected chi connectivity index (χ3v) is 3.34. The van der Waals surface area contributed by atoms with Gasteiger partial charge in [0, 0.05) is 12.4 Å². The lowest BCUT2D eigenvalue weighted by Gasteiger charge is -2.05. The Kier molecular flexibility index (Phi) is 2.53. The van der Waals surface area contributed by atoms with Crippen LogP contribution in [0, 0.1) is 0 Å². The van der Waals surface area contributed by atoms with E-state index in [0.717, 1.165) is 16.7 Å². The number of nitrogens with zero attached hydrogens (tertiary/aromatic N) is 2. The van der Waals surface area contributed by atoms with Crippen LogP contribution in [0.2, 0.25) is 0 Å². The van der Waals surface area contributed by atoms with Gasteiger partial charge < -0.3 is 19.7 Å².